The average molecular weight is 289 g/mol. The van der Waals surface area contributed by atoms with E-state index >= 15 is 0 Å². The Kier molecular flexibility index (Phi) is 2.79. The van der Waals surface area contributed by atoms with Crippen molar-refractivity contribution in [2.75, 3.05) is 0 Å². The number of fused-ring (bicyclic) bond motifs is 5. The highest BCUT2D eigenvalue weighted by Crippen LogP contribution is 2.59. The maximum absolute atomic E-state index is 12.3. The van der Waals surface area contributed by atoms with Crippen molar-refractivity contribution < 1.29 is 4.79 Å². The highest BCUT2D eigenvalue weighted by Gasteiger charge is 2.54. The van der Waals surface area contributed by atoms with E-state index in [1.165, 1.54) is 17.5 Å². The highest BCUT2D eigenvalue weighted by molar-refractivity contribution is 6.31. The van der Waals surface area contributed by atoms with E-state index in [0.717, 1.165) is 37.1 Å². The molecule has 1 nitrogen and oxygen atoms in total. The maximum atomic E-state index is 12.3. The predicted octanol–water partition coefficient (Wildman–Crippen LogP) is 4.77. The zero-order chi connectivity index (χ0) is 13.9. The number of rotatable bonds is 0. The second-order valence-corrected chi connectivity index (χ2v) is 7.55. The van der Waals surface area contributed by atoms with E-state index in [1.807, 2.05) is 6.07 Å². The molecule has 0 saturated heterocycles. The number of ketones is 1. The van der Waals surface area contributed by atoms with Gasteiger partial charge in [-0.05, 0) is 67.1 Å². The van der Waals surface area contributed by atoms with Crippen LogP contribution in [0, 0.1) is 17.3 Å². The zero-order valence-corrected chi connectivity index (χ0v) is 12.7. The average Bonchev–Trinajstić information content (AvgIpc) is 2.75. The van der Waals surface area contributed by atoms with Crippen LogP contribution in [-0.2, 0) is 11.2 Å². The van der Waals surface area contributed by atoms with E-state index in [0.29, 0.717) is 23.5 Å². The second kappa shape index (κ2) is 4.34. The van der Waals surface area contributed by atoms with Gasteiger partial charge in [0.05, 0.1) is 0 Å². The topological polar surface area (TPSA) is 17.1 Å². The molecule has 0 spiro atoms. The van der Waals surface area contributed by atoms with E-state index in [2.05, 4.69) is 19.1 Å². The Hall–Kier alpha value is -0.820. The van der Waals surface area contributed by atoms with E-state index in [-0.39, 0.29) is 5.41 Å². The van der Waals surface area contributed by atoms with Crippen LogP contribution in [0.1, 0.15) is 56.1 Å². The Balaban J connectivity index is 1.75. The van der Waals surface area contributed by atoms with Crippen LogP contribution in [0.3, 0.4) is 0 Å². The standard InChI is InChI=1S/C18H21ClO/c1-18-10-9-12-11-3-2-4-16(19)14(11)6-5-13(12)15(18)7-8-17(18)20/h2-4,12-13,15H,5-10H2,1H3/t12-,13-,15+,18+/m1/s1. The third-order valence-electron chi connectivity index (χ3n) is 6.43. The zero-order valence-electron chi connectivity index (χ0n) is 12.0. The predicted molar refractivity (Wildman–Crippen MR) is 81.1 cm³/mol. The third-order valence-corrected chi connectivity index (χ3v) is 6.78. The molecule has 3 aliphatic carbocycles. The molecule has 0 aliphatic heterocycles. The highest BCUT2D eigenvalue weighted by atomic mass is 35.5. The van der Waals surface area contributed by atoms with Crippen molar-refractivity contribution in [2.45, 2.75) is 51.4 Å². The molecule has 2 fully saturated rings. The van der Waals surface area contributed by atoms with Gasteiger partial charge >= 0.3 is 0 Å². The van der Waals surface area contributed by atoms with Crippen molar-refractivity contribution in [1.82, 2.24) is 0 Å². The summed E-state index contributed by atoms with van der Waals surface area (Å²) >= 11 is 6.38. The van der Waals surface area contributed by atoms with Gasteiger partial charge in [-0.25, -0.2) is 0 Å². The van der Waals surface area contributed by atoms with Crippen molar-refractivity contribution in [3.8, 4) is 0 Å². The van der Waals surface area contributed by atoms with Gasteiger partial charge in [0.15, 0.2) is 0 Å². The van der Waals surface area contributed by atoms with Crippen LogP contribution in [0.4, 0.5) is 0 Å². The molecular formula is C18H21ClO. The number of carbonyl (C=O) groups is 1. The summed E-state index contributed by atoms with van der Waals surface area (Å²) in [6.07, 6.45) is 6.48. The molecule has 1 aromatic rings. The van der Waals surface area contributed by atoms with Crippen LogP contribution in [0.5, 0.6) is 0 Å². The molecule has 0 bridgehead atoms. The molecule has 0 aromatic heterocycles. The summed E-state index contributed by atoms with van der Waals surface area (Å²) in [6, 6.07) is 6.39. The molecule has 106 valence electrons. The van der Waals surface area contributed by atoms with Gasteiger partial charge in [0, 0.05) is 16.9 Å². The van der Waals surface area contributed by atoms with Gasteiger partial charge in [-0.1, -0.05) is 30.7 Å². The minimum atomic E-state index is -0.0166. The van der Waals surface area contributed by atoms with Gasteiger partial charge in [-0.15, -0.1) is 0 Å². The molecule has 20 heavy (non-hydrogen) atoms. The van der Waals surface area contributed by atoms with Crippen LogP contribution in [-0.4, -0.2) is 5.78 Å². The Bertz CT molecular complexity index is 579. The van der Waals surface area contributed by atoms with Gasteiger partial charge in [0.1, 0.15) is 5.78 Å². The minimum absolute atomic E-state index is 0.0166. The maximum Gasteiger partial charge on any atom is 0.139 e. The van der Waals surface area contributed by atoms with Gasteiger partial charge < -0.3 is 0 Å². The first-order valence-electron chi connectivity index (χ1n) is 7.92. The molecular weight excluding hydrogens is 268 g/mol. The van der Waals surface area contributed by atoms with Crippen molar-refractivity contribution in [3.05, 3.63) is 34.3 Å². The largest absolute Gasteiger partial charge is 0.299 e. The molecule has 0 N–H and O–H groups in total. The van der Waals surface area contributed by atoms with Gasteiger partial charge in [0.25, 0.3) is 0 Å². The molecule has 4 rings (SSSR count). The first-order chi connectivity index (χ1) is 9.61. The van der Waals surface area contributed by atoms with Gasteiger partial charge in [-0.2, -0.15) is 0 Å². The lowest BCUT2D eigenvalue weighted by Gasteiger charge is -2.48. The van der Waals surface area contributed by atoms with E-state index < -0.39 is 0 Å². The second-order valence-electron chi connectivity index (χ2n) is 7.14. The van der Waals surface area contributed by atoms with Crippen molar-refractivity contribution >= 4 is 17.4 Å². The number of hydrogen-bond donors (Lipinski definition) is 0. The number of hydrogen-bond acceptors (Lipinski definition) is 1. The summed E-state index contributed by atoms with van der Waals surface area (Å²) in [6.45, 7) is 2.23. The van der Waals surface area contributed by atoms with E-state index in [4.69, 9.17) is 11.6 Å². The van der Waals surface area contributed by atoms with Crippen molar-refractivity contribution in [2.24, 2.45) is 17.3 Å². The van der Waals surface area contributed by atoms with E-state index in [9.17, 15) is 4.79 Å². The van der Waals surface area contributed by atoms with E-state index in [1.54, 1.807) is 0 Å². The lowest BCUT2D eigenvalue weighted by Crippen LogP contribution is -2.42. The molecule has 2 heteroatoms. The number of halogens is 1. The Morgan fingerprint density at radius 1 is 1.20 bits per heavy atom. The SMILES string of the molecule is C[C@]12CC[C@@H]3c4cccc(Cl)c4CC[C@H]3[C@@H]1CCC2=O. The van der Waals surface area contributed by atoms with Crippen LogP contribution in [0.25, 0.3) is 0 Å². The van der Waals surface area contributed by atoms with Crippen LogP contribution < -0.4 is 0 Å². The minimum Gasteiger partial charge on any atom is -0.299 e. The fourth-order valence-corrected chi connectivity index (χ4v) is 5.62. The lowest BCUT2D eigenvalue weighted by atomic mass is 9.55. The fourth-order valence-electron chi connectivity index (χ4n) is 5.34. The third kappa shape index (κ3) is 1.59. The molecule has 3 aliphatic rings. The summed E-state index contributed by atoms with van der Waals surface area (Å²) in [5.41, 5.74) is 2.84. The smallest absolute Gasteiger partial charge is 0.139 e. The molecule has 0 heterocycles. The first kappa shape index (κ1) is 12.9. The Morgan fingerprint density at radius 2 is 2.05 bits per heavy atom. The molecule has 0 amide bonds. The van der Waals surface area contributed by atoms with Crippen LogP contribution in [0.15, 0.2) is 18.2 Å². The van der Waals surface area contributed by atoms with Gasteiger partial charge in [-0.3, -0.25) is 4.79 Å². The number of benzene rings is 1. The Labute approximate surface area is 125 Å². The summed E-state index contributed by atoms with van der Waals surface area (Å²) in [7, 11) is 0. The van der Waals surface area contributed by atoms with Crippen LogP contribution >= 0.6 is 11.6 Å². The molecule has 0 radical (unpaired) electrons. The van der Waals surface area contributed by atoms with Crippen molar-refractivity contribution in [3.63, 3.8) is 0 Å². The van der Waals surface area contributed by atoms with Crippen LogP contribution in [0.2, 0.25) is 5.02 Å². The first-order valence-corrected chi connectivity index (χ1v) is 8.29. The Morgan fingerprint density at radius 3 is 2.90 bits per heavy atom. The summed E-state index contributed by atoms with van der Waals surface area (Å²) in [5.74, 6) is 2.48. The number of carbonyl (C=O) groups excluding carboxylic acids is 1. The summed E-state index contributed by atoms with van der Waals surface area (Å²) in [5, 5.41) is 0.941. The fraction of sp³-hybridized carbons (Fsp3) is 0.611. The lowest BCUT2D eigenvalue weighted by molar-refractivity contribution is -0.129. The quantitative estimate of drug-likeness (QED) is 0.672. The summed E-state index contributed by atoms with van der Waals surface area (Å²) in [4.78, 5) is 12.3. The normalized spacial score (nSPS) is 39.1. The molecule has 2 saturated carbocycles. The molecule has 0 unspecified atom stereocenters. The number of Topliss-reactive ketones (excluding diaryl/α,β-unsaturated/α-hetero) is 1. The van der Waals surface area contributed by atoms with Crippen molar-refractivity contribution in [1.29, 1.82) is 0 Å². The molecule has 4 atom stereocenters. The summed E-state index contributed by atoms with van der Waals surface area (Å²) < 4.78 is 0. The molecule has 1 aromatic carbocycles. The van der Waals surface area contributed by atoms with Gasteiger partial charge in [0.2, 0.25) is 0 Å². The monoisotopic (exact) mass is 288 g/mol.